The molecule has 132 valence electrons. The van der Waals surface area contributed by atoms with E-state index < -0.39 is 22.1 Å². The van der Waals surface area contributed by atoms with Crippen molar-refractivity contribution < 1.29 is 26.3 Å². The first-order valence-electron chi connectivity index (χ1n) is 6.82. The molecular weight excluding hydrogens is 357 g/mol. The van der Waals surface area contributed by atoms with Crippen LogP contribution in [0.25, 0.3) is 0 Å². The van der Waals surface area contributed by atoms with E-state index in [0.717, 1.165) is 18.6 Å². The Bertz CT molecular complexity index is 625. The molecule has 1 saturated heterocycles. The third-order valence-corrected chi connectivity index (χ3v) is 5.44. The third kappa shape index (κ3) is 4.97. The van der Waals surface area contributed by atoms with Crippen LogP contribution in [0.2, 0.25) is 0 Å². The van der Waals surface area contributed by atoms with Gasteiger partial charge in [-0.2, -0.15) is 4.31 Å². The SMILES string of the molecule is Cl.NCC1CCCCN1S(=O)(=O)c1cccc(OC(F)(F)F)c1. The van der Waals surface area contributed by atoms with Crippen molar-refractivity contribution in [2.75, 3.05) is 13.1 Å². The van der Waals surface area contributed by atoms with Gasteiger partial charge in [-0.15, -0.1) is 25.6 Å². The van der Waals surface area contributed by atoms with E-state index in [1.807, 2.05) is 0 Å². The predicted octanol–water partition coefficient (Wildman–Crippen LogP) is 2.51. The van der Waals surface area contributed by atoms with E-state index in [2.05, 4.69) is 4.74 Å². The van der Waals surface area contributed by atoms with E-state index >= 15 is 0 Å². The molecule has 0 spiro atoms. The second-order valence-corrected chi connectivity index (χ2v) is 6.91. The van der Waals surface area contributed by atoms with Crippen LogP contribution in [-0.4, -0.2) is 38.2 Å². The highest BCUT2D eigenvalue weighted by Crippen LogP contribution is 2.29. The zero-order valence-corrected chi connectivity index (χ0v) is 13.8. The van der Waals surface area contributed by atoms with Crippen LogP contribution in [0.5, 0.6) is 5.75 Å². The molecule has 1 fully saturated rings. The molecule has 0 aliphatic carbocycles. The van der Waals surface area contributed by atoms with Gasteiger partial charge in [-0.25, -0.2) is 8.42 Å². The molecule has 5 nitrogen and oxygen atoms in total. The van der Waals surface area contributed by atoms with Gasteiger partial charge in [-0.05, 0) is 25.0 Å². The summed E-state index contributed by atoms with van der Waals surface area (Å²) in [6.45, 7) is 0.493. The van der Waals surface area contributed by atoms with Gasteiger partial charge in [0, 0.05) is 25.2 Å². The Hall–Kier alpha value is -1.03. The van der Waals surface area contributed by atoms with Gasteiger partial charge in [0.1, 0.15) is 5.75 Å². The largest absolute Gasteiger partial charge is 0.573 e. The van der Waals surface area contributed by atoms with Crippen LogP contribution in [-0.2, 0) is 10.0 Å². The van der Waals surface area contributed by atoms with Gasteiger partial charge in [-0.3, -0.25) is 0 Å². The summed E-state index contributed by atoms with van der Waals surface area (Å²) in [5.41, 5.74) is 5.60. The molecule has 0 amide bonds. The summed E-state index contributed by atoms with van der Waals surface area (Å²) in [5, 5.41) is 0. The number of rotatable bonds is 4. The van der Waals surface area contributed by atoms with Crippen LogP contribution in [0.3, 0.4) is 0 Å². The van der Waals surface area contributed by atoms with Gasteiger partial charge in [-0.1, -0.05) is 12.5 Å². The van der Waals surface area contributed by atoms with Crippen molar-refractivity contribution in [3.63, 3.8) is 0 Å². The van der Waals surface area contributed by atoms with E-state index in [4.69, 9.17) is 5.73 Å². The average Bonchev–Trinajstić information content (AvgIpc) is 2.45. The number of halogens is 4. The van der Waals surface area contributed by atoms with Crippen molar-refractivity contribution in [2.45, 2.75) is 36.6 Å². The van der Waals surface area contributed by atoms with Crippen molar-refractivity contribution in [2.24, 2.45) is 5.73 Å². The van der Waals surface area contributed by atoms with Gasteiger partial charge in [0.15, 0.2) is 0 Å². The number of hydrogen-bond donors (Lipinski definition) is 1. The second-order valence-electron chi connectivity index (χ2n) is 5.02. The summed E-state index contributed by atoms with van der Waals surface area (Å²) < 4.78 is 67.0. The van der Waals surface area contributed by atoms with E-state index in [0.29, 0.717) is 19.4 Å². The summed E-state index contributed by atoms with van der Waals surface area (Å²) in [6, 6.07) is 4.08. The number of alkyl halides is 3. The van der Waals surface area contributed by atoms with Crippen molar-refractivity contribution in [3.8, 4) is 5.75 Å². The van der Waals surface area contributed by atoms with E-state index in [1.54, 1.807) is 0 Å². The minimum atomic E-state index is -4.87. The Labute approximate surface area is 139 Å². The predicted molar refractivity (Wildman–Crippen MR) is 81.0 cm³/mol. The van der Waals surface area contributed by atoms with Gasteiger partial charge < -0.3 is 10.5 Å². The van der Waals surface area contributed by atoms with Crippen LogP contribution in [0.1, 0.15) is 19.3 Å². The van der Waals surface area contributed by atoms with E-state index in [-0.39, 0.29) is 29.9 Å². The van der Waals surface area contributed by atoms with Gasteiger partial charge in [0.2, 0.25) is 10.0 Å². The van der Waals surface area contributed by atoms with Gasteiger partial charge >= 0.3 is 6.36 Å². The molecule has 1 aliphatic rings. The van der Waals surface area contributed by atoms with Crippen molar-refractivity contribution in [3.05, 3.63) is 24.3 Å². The smallest absolute Gasteiger partial charge is 0.406 e. The molecule has 10 heteroatoms. The van der Waals surface area contributed by atoms with Crippen molar-refractivity contribution >= 4 is 22.4 Å². The number of sulfonamides is 1. The van der Waals surface area contributed by atoms with E-state index in [1.165, 1.54) is 16.4 Å². The molecule has 1 aliphatic heterocycles. The molecule has 0 bridgehead atoms. The maximum absolute atomic E-state index is 12.6. The Balaban J connectivity index is 0.00000264. The van der Waals surface area contributed by atoms with Gasteiger partial charge in [0.05, 0.1) is 4.90 Å². The number of nitrogens with two attached hydrogens (primary N) is 1. The highest BCUT2D eigenvalue weighted by molar-refractivity contribution is 7.89. The fraction of sp³-hybridized carbons (Fsp3) is 0.538. The molecule has 0 saturated carbocycles. The quantitative estimate of drug-likeness (QED) is 0.878. The fourth-order valence-corrected chi connectivity index (χ4v) is 4.23. The molecule has 2 N–H and O–H groups in total. The summed E-state index contributed by atoms with van der Waals surface area (Å²) in [6.07, 6.45) is -2.64. The van der Waals surface area contributed by atoms with Crippen LogP contribution < -0.4 is 10.5 Å². The fourth-order valence-electron chi connectivity index (χ4n) is 2.49. The number of nitrogens with zero attached hydrogens (tertiary/aromatic N) is 1. The molecule has 1 heterocycles. The number of ether oxygens (including phenoxy) is 1. The Kier molecular flexibility index (Phi) is 6.70. The zero-order valence-electron chi connectivity index (χ0n) is 12.1. The molecule has 23 heavy (non-hydrogen) atoms. The lowest BCUT2D eigenvalue weighted by atomic mass is 10.1. The van der Waals surface area contributed by atoms with Crippen LogP contribution in [0, 0.1) is 0 Å². The lowest BCUT2D eigenvalue weighted by molar-refractivity contribution is -0.274. The lowest BCUT2D eigenvalue weighted by Gasteiger charge is -2.33. The molecule has 1 atom stereocenters. The van der Waals surface area contributed by atoms with Crippen molar-refractivity contribution in [1.29, 1.82) is 0 Å². The lowest BCUT2D eigenvalue weighted by Crippen LogP contribution is -2.47. The topological polar surface area (TPSA) is 72.6 Å². The van der Waals surface area contributed by atoms with Crippen LogP contribution in [0.15, 0.2) is 29.2 Å². The zero-order chi connectivity index (χ0) is 16.4. The molecule has 2 rings (SSSR count). The number of benzene rings is 1. The van der Waals surface area contributed by atoms with Crippen LogP contribution >= 0.6 is 12.4 Å². The molecule has 0 aromatic heterocycles. The molecular formula is C13H18ClF3N2O3S. The first-order valence-corrected chi connectivity index (χ1v) is 8.26. The molecule has 1 aromatic rings. The molecule has 1 aromatic carbocycles. The minimum Gasteiger partial charge on any atom is -0.406 e. The summed E-state index contributed by atoms with van der Waals surface area (Å²) >= 11 is 0. The number of piperidine rings is 1. The maximum atomic E-state index is 12.6. The molecule has 0 radical (unpaired) electrons. The Morgan fingerprint density at radius 3 is 2.61 bits per heavy atom. The molecule has 1 unspecified atom stereocenters. The summed E-state index contributed by atoms with van der Waals surface area (Å²) in [7, 11) is -3.90. The maximum Gasteiger partial charge on any atom is 0.573 e. The van der Waals surface area contributed by atoms with Crippen molar-refractivity contribution in [1.82, 2.24) is 4.31 Å². The second kappa shape index (κ2) is 7.69. The normalized spacial score (nSPS) is 19.9. The third-order valence-electron chi connectivity index (χ3n) is 3.49. The van der Waals surface area contributed by atoms with Gasteiger partial charge in [0.25, 0.3) is 0 Å². The Morgan fingerprint density at radius 2 is 2.00 bits per heavy atom. The first kappa shape index (κ1) is 20.0. The highest BCUT2D eigenvalue weighted by atomic mass is 35.5. The standard InChI is InChI=1S/C13H17F3N2O3S.ClH/c14-13(15,16)21-11-5-3-6-12(8-11)22(19,20)18-7-2-1-4-10(18)9-17;/h3,5-6,8,10H,1-2,4,7,9,17H2;1H. The number of hydrogen-bond acceptors (Lipinski definition) is 4. The average molecular weight is 375 g/mol. The summed E-state index contributed by atoms with van der Waals surface area (Å²) in [5.74, 6) is -0.560. The Morgan fingerprint density at radius 1 is 1.30 bits per heavy atom. The van der Waals surface area contributed by atoms with Crippen LogP contribution in [0.4, 0.5) is 13.2 Å². The van der Waals surface area contributed by atoms with E-state index in [9.17, 15) is 21.6 Å². The minimum absolute atomic E-state index is 0. The highest BCUT2D eigenvalue weighted by Gasteiger charge is 2.34. The monoisotopic (exact) mass is 374 g/mol. The first-order chi connectivity index (χ1) is 10.2. The summed E-state index contributed by atoms with van der Waals surface area (Å²) in [4.78, 5) is -0.227.